The molecule has 3 fully saturated rings. The number of amides is 2. The topological polar surface area (TPSA) is 84.5 Å². The van der Waals surface area contributed by atoms with E-state index in [2.05, 4.69) is 39.0 Å². The first-order valence-corrected chi connectivity index (χ1v) is 14.4. The number of urea groups is 1. The highest BCUT2D eigenvalue weighted by Crippen LogP contribution is 2.45. The fourth-order valence-electron chi connectivity index (χ4n) is 6.53. The summed E-state index contributed by atoms with van der Waals surface area (Å²) in [6.45, 7) is 2.67. The molecule has 1 aliphatic carbocycles. The third-order valence-corrected chi connectivity index (χ3v) is 8.72. The second-order valence-electron chi connectivity index (χ2n) is 11.5. The van der Waals surface area contributed by atoms with Crippen molar-refractivity contribution in [2.45, 2.75) is 63.5 Å². The lowest BCUT2D eigenvalue weighted by Gasteiger charge is -2.45. The molecular formula is C32H41N5O2. The summed E-state index contributed by atoms with van der Waals surface area (Å²) in [5, 5.41) is 0. The predicted molar refractivity (Wildman–Crippen MR) is 155 cm³/mol. The molecule has 6 rings (SSSR count). The molecular weight excluding hydrogens is 486 g/mol. The molecule has 2 aliphatic heterocycles. The molecule has 39 heavy (non-hydrogen) atoms. The second kappa shape index (κ2) is 12.2. The zero-order chi connectivity index (χ0) is 27.2. The van der Waals surface area contributed by atoms with Crippen LogP contribution in [0.5, 0.6) is 0 Å². The van der Waals surface area contributed by atoms with Crippen LogP contribution in [0.15, 0.2) is 77.9 Å². The Hall–Kier alpha value is -3.45. The number of aromatic nitrogens is 2. The molecule has 1 aromatic heterocycles. The Morgan fingerprint density at radius 1 is 0.949 bits per heavy atom. The van der Waals surface area contributed by atoms with E-state index in [0.717, 1.165) is 44.5 Å². The van der Waals surface area contributed by atoms with Gasteiger partial charge in [0.25, 0.3) is 5.56 Å². The number of nitrogens with zero attached hydrogens (tertiary/aromatic N) is 4. The zero-order valence-corrected chi connectivity index (χ0v) is 23.0. The molecule has 1 saturated carbocycles. The van der Waals surface area contributed by atoms with Crippen LogP contribution >= 0.6 is 0 Å². The van der Waals surface area contributed by atoms with Gasteiger partial charge in [-0.05, 0) is 49.5 Å². The Kier molecular flexibility index (Phi) is 8.46. The number of benzene rings is 2. The molecule has 2 saturated heterocycles. The minimum absolute atomic E-state index is 0.0427. The van der Waals surface area contributed by atoms with Crippen molar-refractivity contribution in [3.05, 3.63) is 89.0 Å². The van der Waals surface area contributed by atoms with Gasteiger partial charge in [0.2, 0.25) is 0 Å². The van der Waals surface area contributed by atoms with E-state index in [1.165, 1.54) is 54.6 Å². The van der Waals surface area contributed by atoms with E-state index in [1.807, 2.05) is 36.4 Å². The maximum absolute atomic E-state index is 13.4. The van der Waals surface area contributed by atoms with Crippen molar-refractivity contribution in [1.82, 2.24) is 19.4 Å². The Bertz CT molecular complexity index is 1290. The quantitative estimate of drug-likeness (QED) is 0.485. The first-order valence-electron chi connectivity index (χ1n) is 14.4. The van der Waals surface area contributed by atoms with Gasteiger partial charge < -0.3 is 20.1 Å². The first-order chi connectivity index (χ1) is 18.9. The number of hydrogen-bond acceptors (Lipinski definition) is 4. The number of carbonyl (C=O) groups excluding carboxylic acids is 1. The Balaban J connectivity index is 0.000000186. The van der Waals surface area contributed by atoms with Crippen LogP contribution in [0.25, 0.3) is 11.3 Å². The van der Waals surface area contributed by atoms with E-state index >= 15 is 0 Å². The van der Waals surface area contributed by atoms with Crippen LogP contribution in [0.1, 0.15) is 63.0 Å². The van der Waals surface area contributed by atoms with E-state index in [4.69, 9.17) is 5.73 Å². The van der Waals surface area contributed by atoms with Gasteiger partial charge in [0.1, 0.15) is 0 Å². The summed E-state index contributed by atoms with van der Waals surface area (Å²) in [5.74, 6) is 0. The zero-order valence-electron chi connectivity index (χ0n) is 23.0. The number of carbonyl (C=O) groups is 1. The minimum Gasteiger partial charge on any atom is -0.328 e. The van der Waals surface area contributed by atoms with E-state index in [1.54, 1.807) is 7.05 Å². The highest BCUT2D eigenvalue weighted by molar-refractivity contribution is 5.75. The minimum atomic E-state index is -0.0427. The molecule has 0 bridgehead atoms. The van der Waals surface area contributed by atoms with Crippen LogP contribution in [0.3, 0.4) is 0 Å². The number of rotatable bonds is 2. The molecule has 0 radical (unpaired) electrons. The maximum atomic E-state index is 13.4. The highest BCUT2D eigenvalue weighted by Gasteiger charge is 2.41. The second-order valence-corrected chi connectivity index (χ2v) is 11.5. The predicted octanol–water partition coefficient (Wildman–Crippen LogP) is 5.37. The Labute approximate surface area is 231 Å². The summed E-state index contributed by atoms with van der Waals surface area (Å²) in [6, 6.07) is 22.2. The van der Waals surface area contributed by atoms with Crippen molar-refractivity contribution >= 4 is 6.03 Å². The van der Waals surface area contributed by atoms with Crippen LogP contribution in [0.4, 0.5) is 4.79 Å². The molecule has 7 heteroatoms. The molecule has 2 aromatic carbocycles. The standard InChI is InChI=1S/C21H31N3O.C11H10N2O/c22-18-9-14-24(19(15-18)17-7-2-1-3-8-17)20(25)23-13-6-12-21(16-23)10-4-5-11-21;1-13-8-12-10(7-11(13)14)9-5-3-2-4-6-9/h1-3,7-8,18-19H,4-6,9-16,22H2;2-8H,1H3. The molecule has 3 aliphatic rings. The van der Waals surface area contributed by atoms with Crippen molar-refractivity contribution in [2.24, 2.45) is 18.2 Å². The lowest BCUT2D eigenvalue weighted by molar-refractivity contribution is 0.0672. The van der Waals surface area contributed by atoms with Crippen molar-refractivity contribution in [3.8, 4) is 11.3 Å². The van der Waals surface area contributed by atoms with Gasteiger partial charge in [0, 0.05) is 44.4 Å². The van der Waals surface area contributed by atoms with Gasteiger partial charge in [-0.2, -0.15) is 0 Å². The van der Waals surface area contributed by atoms with Gasteiger partial charge in [-0.1, -0.05) is 73.5 Å². The van der Waals surface area contributed by atoms with Crippen LogP contribution in [-0.2, 0) is 7.05 Å². The molecule has 3 aromatic rings. The normalized spacial score (nSPS) is 22.3. The first kappa shape index (κ1) is 27.1. The smallest absolute Gasteiger partial charge is 0.320 e. The summed E-state index contributed by atoms with van der Waals surface area (Å²) < 4.78 is 1.45. The number of nitrogens with two attached hydrogens (primary N) is 1. The fourth-order valence-corrected chi connectivity index (χ4v) is 6.53. The number of aryl methyl sites for hydroxylation is 1. The molecule has 7 nitrogen and oxygen atoms in total. The van der Waals surface area contributed by atoms with Crippen LogP contribution < -0.4 is 11.3 Å². The van der Waals surface area contributed by atoms with Gasteiger partial charge in [0.05, 0.1) is 18.1 Å². The van der Waals surface area contributed by atoms with Crippen molar-refractivity contribution in [2.75, 3.05) is 19.6 Å². The third-order valence-electron chi connectivity index (χ3n) is 8.72. The summed E-state index contributed by atoms with van der Waals surface area (Å²) >= 11 is 0. The average molecular weight is 528 g/mol. The monoisotopic (exact) mass is 527 g/mol. The van der Waals surface area contributed by atoms with Gasteiger partial charge in [-0.3, -0.25) is 4.79 Å². The van der Waals surface area contributed by atoms with Gasteiger partial charge >= 0.3 is 6.03 Å². The largest absolute Gasteiger partial charge is 0.328 e. The summed E-state index contributed by atoms with van der Waals surface area (Å²) in [7, 11) is 1.68. The average Bonchev–Trinajstić information content (AvgIpc) is 3.42. The maximum Gasteiger partial charge on any atom is 0.320 e. The summed E-state index contributed by atoms with van der Waals surface area (Å²) in [6.07, 6.45) is 11.1. The molecule has 1 spiro atoms. The van der Waals surface area contributed by atoms with E-state index < -0.39 is 0 Å². The van der Waals surface area contributed by atoms with Crippen molar-refractivity contribution in [3.63, 3.8) is 0 Å². The fraction of sp³-hybridized carbons (Fsp3) is 0.469. The molecule has 2 N–H and O–H groups in total. The highest BCUT2D eigenvalue weighted by atomic mass is 16.2. The summed E-state index contributed by atoms with van der Waals surface area (Å²) in [4.78, 5) is 33.2. The Morgan fingerprint density at radius 3 is 2.31 bits per heavy atom. The SMILES string of the molecule is Cn1cnc(-c2ccccc2)cc1=O.NC1CCN(C(=O)N2CCCC3(CCCC3)C2)C(c2ccccc2)C1. The van der Waals surface area contributed by atoms with E-state index in [0.29, 0.717) is 11.1 Å². The number of likely N-dealkylation sites (tertiary alicyclic amines) is 2. The molecule has 2 unspecified atom stereocenters. The van der Waals surface area contributed by atoms with Crippen LogP contribution in [0, 0.1) is 5.41 Å². The van der Waals surface area contributed by atoms with Gasteiger partial charge in [-0.25, -0.2) is 9.78 Å². The molecule has 206 valence electrons. The van der Waals surface area contributed by atoms with Crippen molar-refractivity contribution < 1.29 is 4.79 Å². The molecule has 2 atom stereocenters. The molecule has 2 amide bonds. The number of piperidine rings is 2. The van der Waals surface area contributed by atoms with E-state index in [-0.39, 0.29) is 23.7 Å². The van der Waals surface area contributed by atoms with Crippen LogP contribution in [-0.4, -0.2) is 51.1 Å². The van der Waals surface area contributed by atoms with E-state index in [9.17, 15) is 9.59 Å². The van der Waals surface area contributed by atoms with Gasteiger partial charge in [-0.15, -0.1) is 0 Å². The number of hydrogen-bond donors (Lipinski definition) is 1. The Morgan fingerprint density at radius 2 is 1.62 bits per heavy atom. The van der Waals surface area contributed by atoms with Crippen LogP contribution in [0.2, 0.25) is 0 Å². The lowest BCUT2D eigenvalue weighted by atomic mass is 9.78. The third kappa shape index (κ3) is 6.41. The molecule has 3 heterocycles. The lowest BCUT2D eigenvalue weighted by Crippen LogP contribution is -2.54. The summed E-state index contributed by atoms with van der Waals surface area (Å²) in [5.41, 5.74) is 9.52. The van der Waals surface area contributed by atoms with Gasteiger partial charge in [0.15, 0.2) is 0 Å². The van der Waals surface area contributed by atoms with Crippen molar-refractivity contribution in [1.29, 1.82) is 0 Å².